The fourth-order valence-corrected chi connectivity index (χ4v) is 7.71. The van der Waals surface area contributed by atoms with E-state index in [-0.39, 0.29) is 25.9 Å². The number of carbonyl (C=O) groups is 6. The van der Waals surface area contributed by atoms with Gasteiger partial charge in [0.15, 0.2) is 12.6 Å². The zero-order valence-corrected chi connectivity index (χ0v) is 45.2. The van der Waals surface area contributed by atoms with Crippen molar-refractivity contribution < 1.29 is 102 Å². The van der Waals surface area contributed by atoms with Gasteiger partial charge in [-0.2, -0.15) is 0 Å². The van der Waals surface area contributed by atoms with E-state index < -0.39 is 169 Å². The Bertz CT molecular complexity index is 1880. The lowest BCUT2D eigenvalue weighted by atomic mass is 9.80. The molecule has 12 N–H and O–H groups in total. The van der Waals surface area contributed by atoms with E-state index >= 15 is 0 Å². The van der Waals surface area contributed by atoms with Gasteiger partial charge in [-0.25, -0.2) is 24.0 Å². The first-order valence-corrected chi connectivity index (χ1v) is 24.6. The van der Waals surface area contributed by atoms with Crippen molar-refractivity contribution in [2.24, 2.45) is 0 Å². The molecule has 1 aliphatic carbocycles. The van der Waals surface area contributed by atoms with Crippen LogP contribution in [0.2, 0.25) is 0 Å². The van der Waals surface area contributed by atoms with Crippen molar-refractivity contribution >= 4 is 36.4 Å². The second-order valence-corrected chi connectivity index (χ2v) is 23.3. The van der Waals surface area contributed by atoms with E-state index in [1.165, 1.54) is 0 Å². The van der Waals surface area contributed by atoms with Crippen LogP contribution in [0.1, 0.15) is 123 Å². The Kier molecular flexibility index (Phi) is 22.4. The van der Waals surface area contributed by atoms with Gasteiger partial charge in [-0.15, -0.1) is 0 Å². The molecular formula is C47H84N6O21. The van der Waals surface area contributed by atoms with Crippen LogP contribution in [-0.2, 0) is 47.4 Å². The second kappa shape index (κ2) is 26.0. The maximum absolute atomic E-state index is 13.9. The Morgan fingerprint density at radius 1 is 0.514 bits per heavy atom. The van der Waals surface area contributed by atoms with Crippen molar-refractivity contribution in [3.05, 3.63) is 0 Å². The van der Waals surface area contributed by atoms with Gasteiger partial charge in [0, 0.05) is 13.1 Å². The minimum atomic E-state index is -2.17. The van der Waals surface area contributed by atoms with Crippen LogP contribution in [0.15, 0.2) is 0 Å². The Morgan fingerprint density at radius 3 is 1.43 bits per heavy atom. The highest BCUT2D eigenvalue weighted by molar-refractivity contribution is 5.81. The maximum atomic E-state index is 13.9. The molecule has 2 heterocycles. The van der Waals surface area contributed by atoms with E-state index in [1.807, 2.05) is 0 Å². The summed E-state index contributed by atoms with van der Waals surface area (Å²) < 4.78 is 51.7. The van der Waals surface area contributed by atoms with E-state index in [0.717, 1.165) is 0 Å². The number of hydrogen-bond acceptors (Lipinski definition) is 21. The van der Waals surface area contributed by atoms with Crippen LogP contribution in [0.5, 0.6) is 0 Å². The smallest absolute Gasteiger partial charge is 0.408 e. The van der Waals surface area contributed by atoms with Gasteiger partial charge in [-0.3, -0.25) is 4.79 Å². The van der Waals surface area contributed by atoms with Crippen LogP contribution < -0.4 is 31.9 Å². The molecule has 74 heavy (non-hydrogen) atoms. The molecule has 1 saturated carbocycles. The third-order valence-electron chi connectivity index (χ3n) is 10.7. The highest BCUT2D eigenvalue weighted by atomic mass is 16.7. The summed E-state index contributed by atoms with van der Waals surface area (Å²) in [5.74, 6) is -1.20. The molecule has 428 valence electrons. The molecule has 2 aliphatic heterocycles. The fraction of sp³-hybridized carbons (Fsp3) is 0.872. The van der Waals surface area contributed by atoms with Crippen LogP contribution in [0, 0.1) is 0 Å². The summed E-state index contributed by atoms with van der Waals surface area (Å²) in [6, 6.07) is -6.50. The van der Waals surface area contributed by atoms with Crippen LogP contribution in [-0.4, -0.2) is 206 Å². The average Bonchev–Trinajstić information content (AvgIpc) is 3.21. The first-order chi connectivity index (χ1) is 33.8. The van der Waals surface area contributed by atoms with E-state index in [9.17, 15) is 59.4 Å². The zero-order valence-electron chi connectivity index (χ0n) is 45.2. The molecule has 0 radical (unpaired) electrons. The van der Waals surface area contributed by atoms with Crippen LogP contribution >= 0.6 is 0 Å². The van der Waals surface area contributed by atoms with E-state index in [4.69, 9.17) is 42.6 Å². The summed E-state index contributed by atoms with van der Waals surface area (Å²) >= 11 is 0. The predicted molar refractivity (Wildman–Crippen MR) is 258 cm³/mol. The average molecular weight is 1070 g/mol. The van der Waals surface area contributed by atoms with Gasteiger partial charge in [-0.1, -0.05) is 0 Å². The van der Waals surface area contributed by atoms with Crippen LogP contribution in [0.4, 0.5) is 24.0 Å². The molecular weight excluding hydrogens is 985 g/mol. The number of carbonyl (C=O) groups excluding carboxylic acids is 6. The minimum absolute atomic E-state index is 0.0956. The molecule has 0 spiro atoms. The molecule has 3 fully saturated rings. The molecule has 3 rings (SSSR count). The number of rotatable bonds is 15. The largest absolute Gasteiger partial charge is 0.444 e. The lowest BCUT2D eigenvalue weighted by molar-refractivity contribution is -0.322. The van der Waals surface area contributed by atoms with Crippen molar-refractivity contribution in [1.29, 1.82) is 0 Å². The summed E-state index contributed by atoms with van der Waals surface area (Å²) in [5, 5.41) is 84.2. The Hall–Kier alpha value is -4.58. The van der Waals surface area contributed by atoms with Gasteiger partial charge >= 0.3 is 30.5 Å². The summed E-state index contributed by atoms with van der Waals surface area (Å²) in [6.07, 6.45) is -24.9. The summed E-state index contributed by atoms with van der Waals surface area (Å²) in [7, 11) is 0. The highest BCUT2D eigenvalue weighted by Gasteiger charge is 2.57. The summed E-state index contributed by atoms with van der Waals surface area (Å²) in [5.41, 5.74) is -4.86. The van der Waals surface area contributed by atoms with Crippen molar-refractivity contribution in [2.45, 2.75) is 243 Å². The van der Waals surface area contributed by atoms with Gasteiger partial charge in [0.1, 0.15) is 70.7 Å². The van der Waals surface area contributed by atoms with Crippen LogP contribution in [0.3, 0.4) is 0 Å². The molecule has 0 bridgehead atoms. The monoisotopic (exact) mass is 1070 g/mol. The number of aliphatic hydroxyl groups is 6. The number of aliphatic hydroxyl groups excluding tert-OH is 6. The number of hydrogen-bond donors (Lipinski definition) is 12. The van der Waals surface area contributed by atoms with Gasteiger partial charge in [0.05, 0.1) is 43.0 Å². The van der Waals surface area contributed by atoms with Crippen molar-refractivity contribution in [2.75, 3.05) is 19.7 Å². The predicted octanol–water partition coefficient (Wildman–Crippen LogP) is 0.401. The van der Waals surface area contributed by atoms with Crippen molar-refractivity contribution in [3.8, 4) is 0 Å². The number of alkyl carbamates (subject to hydrolysis) is 5. The number of ether oxygens (including phenoxy) is 9. The van der Waals surface area contributed by atoms with E-state index in [1.54, 1.807) is 104 Å². The minimum Gasteiger partial charge on any atom is -0.444 e. The molecule has 0 aromatic heterocycles. The lowest BCUT2D eigenvalue weighted by Gasteiger charge is -2.51. The zero-order chi connectivity index (χ0) is 56.5. The Labute approximate surface area is 432 Å². The molecule has 3 aliphatic rings. The van der Waals surface area contributed by atoms with E-state index in [0.29, 0.717) is 0 Å². The third kappa shape index (κ3) is 21.2. The topological polar surface area (TPSA) is 379 Å². The van der Waals surface area contributed by atoms with Gasteiger partial charge in [-0.05, 0) is 123 Å². The quantitative estimate of drug-likeness (QED) is 0.0988. The van der Waals surface area contributed by atoms with Crippen molar-refractivity contribution in [1.82, 2.24) is 31.9 Å². The molecule has 6 amide bonds. The SMILES string of the molecule is CC(C)(C)OC(=O)NCC[C@H](O)C(=O)NC1[C@H](O[C@H]2OC(CO)[C@@H](O)C(NC(=O)OC(C)(C)C)C2O)C(O)C(O[C@H]2OC(CNC(=O)OC(C)(C)C)CCC2NC(=O)OC(C)(C)C)[C@@H](NC(=O)OC(C)(C)C)[C@H]1O. The number of nitrogens with one attached hydrogen (secondary N) is 6. The molecule has 27 nitrogen and oxygen atoms in total. The highest BCUT2D eigenvalue weighted by Crippen LogP contribution is 2.34. The van der Waals surface area contributed by atoms with Gasteiger partial charge in [0.2, 0.25) is 5.91 Å². The fourth-order valence-electron chi connectivity index (χ4n) is 7.71. The standard InChI is InChI=1S/C47H84N6O21/c1-43(2,3)70-38(61)48-19-18-24(55)35(60)51-27-30(57)28(53-42(65)74-47(13,14)15)34(32(59)33(27)69-37-31(58)26(29(56)25(21-54)67-37)52-41(64)73-46(10,11)12)68-36-23(50-40(63)72-45(7,8)9)17-16-22(66-36)20-49-39(62)71-44(4,5)6/h22-34,36-37,54-59H,16-21H2,1-15H3,(H,48,61)(H,49,62)(H,50,63)(H,51,60)(H,52,64)(H,53,65)/t22?,23?,24-,25?,26?,27?,28-,29+,30-,31?,32?,33-,34?,36+,37+/m0/s1. The maximum Gasteiger partial charge on any atom is 0.408 e. The van der Waals surface area contributed by atoms with Gasteiger partial charge < -0.3 is 105 Å². The first-order valence-electron chi connectivity index (χ1n) is 24.6. The summed E-state index contributed by atoms with van der Waals surface area (Å²) in [4.78, 5) is 78.7. The second-order valence-electron chi connectivity index (χ2n) is 23.3. The third-order valence-corrected chi connectivity index (χ3v) is 10.7. The summed E-state index contributed by atoms with van der Waals surface area (Å²) in [6.45, 7) is 22.7. The molecule has 0 aromatic rings. The molecule has 2 saturated heterocycles. The lowest BCUT2D eigenvalue weighted by Crippen LogP contribution is -2.75. The molecule has 15 atom stereocenters. The van der Waals surface area contributed by atoms with Crippen LogP contribution in [0.25, 0.3) is 0 Å². The first kappa shape index (κ1) is 63.7. The Morgan fingerprint density at radius 2 is 0.946 bits per heavy atom. The molecule has 8 unspecified atom stereocenters. The Balaban J connectivity index is 2.17. The number of amides is 6. The molecule has 27 heteroatoms. The normalized spacial score (nSPS) is 30.3. The van der Waals surface area contributed by atoms with E-state index in [2.05, 4.69) is 31.9 Å². The van der Waals surface area contributed by atoms with Gasteiger partial charge in [0.25, 0.3) is 0 Å². The molecule has 0 aromatic carbocycles. The van der Waals surface area contributed by atoms with Crippen molar-refractivity contribution in [3.63, 3.8) is 0 Å².